The van der Waals surface area contributed by atoms with E-state index in [2.05, 4.69) is 15.4 Å². The number of anilines is 1. The van der Waals surface area contributed by atoms with E-state index in [4.69, 9.17) is 26.8 Å². The van der Waals surface area contributed by atoms with E-state index in [0.29, 0.717) is 45.1 Å². The number of ether oxygens (including phenoxy) is 2. The van der Waals surface area contributed by atoms with Crippen molar-refractivity contribution in [3.63, 3.8) is 0 Å². The van der Waals surface area contributed by atoms with Gasteiger partial charge in [-0.05, 0) is 25.1 Å². The number of hydrogen-bond donors (Lipinski definition) is 2. The molecule has 1 atom stereocenters. The first-order chi connectivity index (χ1) is 14.4. The minimum absolute atomic E-state index is 0.358. The molecular weight excluding hydrogens is 406 g/mol. The molecule has 4 rings (SSSR count). The molecule has 2 aromatic carbocycles. The van der Waals surface area contributed by atoms with E-state index < -0.39 is 11.9 Å². The van der Waals surface area contributed by atoms with Crippen LogP contribution in [0, 0.1) is 0 Å². The van der Waals surface area contributed by atoms with Crippen molar-refractivity contribution in [2.24, 2.45) is 5.73 Å². The molecule has 0 saturated heterocycles. The lowest BCUT2D eigenvalue weighted by molar-refractivity contribution is -0.115. The Bertz CT molecular complexity index is 1170. The number of nitrogens with zero attached hydrogens (tertiary/aromatic N) is 3. The number of carbonyl (C=O) groups is 1. The number of hydrogen-bond acceptors (Lipinski definition) is 6. The third-order valence-electron chi connectivity index (χ3n) is 4.93. The molecule has 0 spiro atoms. The van der Waals surface area contributed by atoms with Gasteiger partial charge in [-0.1, -0.05) is 35.9 Å². The van der Waals surface area contributed by atoms with E-state index in [1.165, 1.54) is 0 Å². The Morgan fingerprint density at radius 1 is 1.20 bits per heavy atom. The summed E-state index contributed by atoms with van der Waals surface area (Å²) in [7, 11) is 3.10. The van der Waals surface area contributed by atoms with Gasteiger partial charge < -0.3 is 20.5 Å². The molecule has 1 aromatic heterocycles. The van der Waals surface area contributed by atoms with Crippen LogP contribution < -0.4 is 20.5 Å². The lowest BCUT2D eigenvalue weighted by Gasteiger charge is -2.29. The van der Waals surface area contributed by atoms with Gasteiger partial charge in [0.1, 0.15) is 6.04 Å². The van der Waals surface area contributed by atoms with Crippen molar-refractivity contribution in [2.45, 2.75) is 13.0 Å². The molecule has 0 fully saturated rings. The second kappa shape index (κ2) is 7.72. The van der Waals surface area contributed by atoms with Crippen LogP contribution in [0.15, 0.2) is 53.7 Å². The van der Waals surface area contributed by atoms with Crippen molar-refractivity contribution in [3.8, 4) is 22.9 Å². The fourth-order valence-corrected chi connectivity index (χ4v) is 3.83. The van der Waals surface area contributed by atoms with Crippen molar-refractivity contribution in [1.29, 1.82) is 0 Å². The van der Waals surface area contributed by atoms with Crippen LogP contribution in [0.1, 0.15) is 18.5 Å². The molecule has 0 radical (unpaired) electrons. The van der Waals surface area contributed by atoms with Gasteiger partial charge in [0.05, 0.1) is 19.8 Å². The molecule has 9 heteroatoms. The number of methoxy groups -OCH3 is 2. The number of rotatable bonds is 5. The lowest BCUT2D eigenvalue weighted by Crippen LogP contribution is -2.32. The molecule has 2 heterocycles. The number of nitrogens with one attached hydrogen (secondary N) is 1. The fraction of sp³-hybridized carbons (Fsp3) is 0.190. The molecule has 1 aliphatic heterocycles. The Morgan fingerprint density at radius 3 is 2.63 bits per heavy atom. The fourth-order valence-electron chi connectivity index (χ4n) is 3.63. The molecule has 0 bridgehead atoms. The van der Waals surface area contributed by atoms with Crippen LogP contribution in [0.5, 0.6) is 11.5 Å². The second-order valence-corrected chi connectivity index (χ2v) is 7.16. The third-order valence-corrected chi connectivity index (χ3v) is 5.16. The summed E-state index contributed by atoms with van der Waals surface area (Å²) in [6.07, 6.45) is 0. The number of nitrogens with two attached hydrogens (primary N) is 1. The second-order valence-electron chi connectivity index (χ2n) is 6.73. The Hall–Kier alpha value is -3.52. The summed E-state index contributed by atoms with van der Waals surface area (Å²) in [6, 6.07) is 12.0. The monoisotopic (exact) mass is 425 g/mol. The van der Waals surface area contributed by atoms with Crippen molar-refractivity contribution < 1.29 is 14.3 Å². The summed E-state index contributed by atoms with van der Waals surface area (Å²) in [5.41, 5.74) is 8.13. The summed E-state index contributed by atoms with van der Waals surface area (Å²) in [5, 5.41) is 8.36. The maximum atomic E-state index is 12.4. The number of amides is 1. The Kier molecular flexibility index (Phi) is 5.09. The van der Waals surface area contributed by atoms with Gasteiger partial charge in [-0.3, -0.25) is 4.79 Å². The van der Waals surface area contributed by atoms with E-state index in [1.807, 2.05) is 24.3 Å². The minimum atomic E-state index is -0.649. The summed E-state index contributed by atoms with van der Waals surface area (Å²) in [6.45, 7) is 1.77. The molecule has 1 amide bonds. The number of aromatic nitrogens is 3. The first-order valence-corrected chi connectivity index (χ1v) is 9.53. The highest BCUT2D eigenvalue weighted by Crippen LogP contribution is 2.43. The Balaban J connectivity index is 1.94. The quantitative estimate of drug-likeness (QED) is 0.649. The van der Waals surface area contributed by atoms with Gasteiger partial charge in [-0.2, -0.15) is 4.98 Å². The number of benzene rings is 2. The van der Waals surface area contributed by atoms with Gasteiger partial charge in [0.25, 0.3) is 0 Å². The van der Waals surface area contributed by atoms with Crippen LogP contribution in [0.2, 0.25) is 5.02 Å². The zero-order chi connectivity index (χ0) is 21.4. The van der Waals surface area contributed by atoms with E-state index in [-0.39, 0.29) is 0 Å². The van der Waals surface area contributed by atoms with Gasteiger partial charge in [0, 0.05) is 21.8 Å². The molecule has 3 N–H and O–H groups in total. The van der Waals surface area contributed by atoms with Crippen LogP contribution in [0.4, 0.5) is 5.95 Å². The average Bonchev–Trinajstić information content (AvgIpc) is 3.15. The lowest BCUT2D eigenvalue weighted by atomic mass is 9.94. The van der Waals surface area contributed by atoms with Gasteiger partial charge in [-0.25, -0.2) is 4.68 Å². The number of primary amides is 1. The molecule has 3 aromatic rings. The normalized spacial score (nSPS) is 15.4. The number of halogens is 1. The molecule has 30 heavy (non-hydrogen) atoms. The van der Waals surface area contributed by atoms with Crippen molar-refractivity contribution in [2.75, 3.05) is 19.5 Å². The first-order valence-electron chi connectivity index (χ1n) is 9.15. The smallest absolute Gasteiger partial charge is 0.248 e. The summed E-state index contributed by atoms with van der Waals surface area (Å²) in [5.74, 6) is 1.39. The predicted molar refractivity (Wildman–Crippen MR) is 114 cm³/mol. The van der Waals surface area contributed by atoms with Crippen LogP contribution in [-0.2, 0) is 4.79 Å². The SMILES string of the molecule is COc1cccc([C@H]2C(C(N)=O)=C(C)Nc3nc(-c4cccc(Cl)c4)nn32)c1OC. The first kappa shape index (κ1) is 19.8. The molecule has 0 aliphatic carbocycles. The van der Waals surface area contributed by atoms with Gasteiger partial charge >= 0.3 is 0 Å². The molecule has 154 valence electrons. The topological polar surface area (TPSA) is 104 Å². The van der Waals surface area contributed by atoms with Crippen LogP contribution in [0.3, 0.4) is 0 Å². The Morgan fingerprint density at radius 2 is 1.97 bits per heavy atom. The standard InChI is InChI=1S/C21H20ClN5O3/c1-11-16(19(23)28)17(14-8-5-9-15(29-2)18(14)30-3)27-21(24-11)25-20(26-27)12-6-4-7-13(22)10-12/h4-10,17H,1-3H3,(H2,23,28)(H,24,25,26)/t17-/m0/s1. The van der Waals surface area contributed by atoms with Crippen molar-refractivity contribution in [1.82, 2.24) is 14.8 Å². The van der Waals surface area contributed by atoms with Crippen molar-refractivity contribution in [3.05, 3.63) is 64.3 Å². The third kappa shape index (κ3) is 3.25. The maximum absolute atomic E-state index is 12.4. The molecular formula is C21H20ClN5O3. The van der Waals surface area contributed by atoms with Crippen LogP contribution >= 0.6 is 11.6 Å². The summed E-state index contributed by atoms with van der Waals surface area (Å²) in [4.78, 5) is 17.0. The molecule has 0 saturated carbocycles. The largest absolute Gasteiger partial charge is 0.493 e. The van der Waals surface area contributed by atoms with E-state index in [0.717, 1.165) is 5.56 Å². The molecule has 1 aliphatic rings. The van der Waals surface area contributed by atoms with E-state index in [9.17, 15) is 4.79 Å². The van der Waals surface area contributed by atoms with Crippen LogP contribution in [0.25, 0.3) is 11.4 Å². The van der Waals surface area contributed by atoms with Gasteiger partial charge in [-0.15, -0.1) is 5.10 Å². The van der Waals surface area contributed by atoms with Crippen molar-refractivity contribution >= 4 is 23.5 Å². The number of carbonyl (C=O) groups excluding carboxylic acids is 1. The van der Waals surface area contributed by atoms with Gasteiger partial charge in [0.15, 0.2) is 17.3 Å². The van der Waals surface area contributed by atoms with E-state index >= 15 is 0 Å². The zero-order valence-electron chi connectivity index (χ0n) is 16.6. The molecule has 0 unspecified atom stereocenters. The average molecular weight is 426 g/mol. The van der Waals surface area contributed by atoms with Gasteiger partial charge in [0.2, 0.25) is 11.9 Å². The summed E-state index contributed by atoms with van der Waals surface area (Å²) < 4.78 is 12.7. The number of fused-ring (bicyclic) bond motifs is 1. The highest BCUT2D eigenvalue weighted by molar-refractivity contribution is 6.30. The number of allylic oxidation sites excluding steroid dienone is 1. The summed E-state index contributed by atoms with van der Waals surface area (Å²) >= 11 is 6.13. The number of para-hydroxylation sites is 1. The minimum Gasteiger partial charge on any atom is -0.493 e. The highest BCUT2D eigenvalue weighted by atomic mass is 35.5. The van der Waals surface area contributed by atoms with Crippen LogP contribution in [-0.4, -0.2) is 34.9 Å². The zero-order valence-corrected chi connectivity index (χ0v) is 17.4. The van der Waals surface area contributed by atoms with E-state index in [1.54, 1.807) is 44.0 Å². The molecule has 8 nitrogen and oxygen atoms in total. The predicted octanol–water partition coefficient (Wildman–Crippen LogP) is 3.39. The maximum Gasteiger partial charge on any atom is 0.248 e. The Labute approximate surface area is 178 Å². The highest BCUT2D eigenvalue weighted by Gasteiger charge is 2.35.